The van der Waals surface area contributed by atoms with Crippen LogP contribution in [0, 0.1) is 0 Å². The molecule has 1 atom stereocenters. The van der Waals surface area contributed by atoms with Gasteiger partial charge in [-0.15, -0.1) is 0 Å². The van der Waals surface area contributed by atoms with Crippen LogP contribution >= 0.6 is 11.9 Å². The van der Waals surface area contributed by atoms with Crippen molar-refractivity contribution in [3.63, 3.8) is 0 Å². The van der Waals surface area contributed by atoms with Gasteiger partial charge >= 0.3 is 0 Å². The Morgan fingerprint density at radius 2 is 2.31 bits per heavy atom. The standard InChI is InChI=1S/C10H19NOS/c1-10(2,3)13-11-8-9-6-4-5-7-12-9/h5,7,9,11H,4,6,8H2,1-3H3. The second-order valence-electron chi connectivity index (χ2n) is 4.27. The highest BCUT2D eigenvalue weighted by Gasteiger charge is 2.14. The Hall–Kier alpha value is -0.150. The van der Waals surface area contributed by atoms with E-state index in [1.54, 1.807) is 11.9 Å². The van der Waals surface area contributed by atoms with Crippen LogP contribution in [0.3, 0.4) is 0 Å². The van der Waals surface area contributed by atoms with Crippen LogP contribution in [0.5, 0.6) is 0 Å². The van der Waals surface area contributed by atoms with Crippen LogP contribution in [-0.4, -0.2) is 17.4 Å². The number of rotatable bonds is 3. The number of nitrogens with one attached hydrogen (secondary N) is 1. The van der Waals surface area contributed by atoms with Gasteiger partial charge in [-0.2, -0.15) is 0 Å². The summed E-state index contributed by atoms with van der Waals surface area (Å²) < 4.78 is 9.07. The van der Waals surface area contributed by atoms with Crippen LogP contribution in [0.25, 0.3) is 0 Å². The summed E-state index contributed by atoms with van der Waals surface area (Å²) in [6.45, 7) is 7.54. The molecular formula is C10H19NOS. The molecule has 0 saturated carbocycles. The highest BCUT2D eigenvalue weighted by Crippen LogP contribution is 2.20. The lowest BCUT2D eigenvalue weighted by Crippen LogP contribution is -2.28. The van der Waals surface area contributed by atoms with E-state index >= 15 is 0 Å². The van der Waals surface area contributed by atoms with Gasteiger partial charge in [-0.1, -0.05) is 11.9 Å². The summed E-state index contributed by atoms with van der Waals surface area (Å²) >= 11 is 1.77. The smallest absolute Gasteiger partial charge is 0.111 e. The average Bonchev–Trinajstić information content (AvgIpc) is 2.04. The molecule has 1 aliphatic rings. The predicted molar refractivity (Wildman–Crippen MR) is 58.6 cm³/mol. The summed E-state index contributed by atoms with van der Waals surface area (Å²) in [4.78, 5) is 0. The Kier molecular flexibility index (Phi) is 4.13. The topological polar surface area (TPSA) is 21.3 Å². The van der Waals surface area contributed by atoms with Crippen molar-refractivity contribution in [2.75, 3.05) is 6.54 Å². The van der Waals surface area contributed by atoms with Gasteiger partial charge < -0.3 is 4.74 Å². The highest BCUT2D eigenvalue weighted by atomic mass is 32.2. The van der Waals surface area contributed by atoms with E-state index in [4.69, 9.17) is 4.74 Å². The van der Waals surface area contributed by atoms with Gasteiger partial charge in [0.15, 0.2) is 0 Å². The largest absolute Gasteiger partial charge is 0.497 e. The summed E-state index contributed by atoms with van der Waals surface area (Å²) in [5.41, 5.74) is 0. The second-order valence-corrected chi connectivity index (χ2v) is 5.99. The van der Waals surface area contributed by atoms with E-state index in [0.717, 1.165) is 19.4 Å². The molecule has 1 heterocycles. The van der Waals surface area contributed by atoms with Gasteiger partial charge in [0.1, 0.15) is 6.10 Å². The molecule has 0 fully saturated rings. The molecule has 0 bridgehead atoms. The fourth-order valence-corrected chi connectivity index (χ4v) is 1.79. The second kappa shape index (κ2) is 4.91. The minimum Gasteiger partial charge on any atom is -0.497 e. The minimum absolute atomic E-state index is 0.282. The van der Waals surface area contributed by atoms with Crippen molar-refractivity contribution in [1.82, 2.24) is 4.72 Å². The maximum absolute atomic E-state index is 5.44. The molecule has 0 aromatic heterocycles. The van der Waals surface area contributed by atoms with Crippen LogP contribution in [0.2, 0.25) is 0 Å². The van der Waals surface area contributed by atoms with Crippen molar-refractivity contribution in [3.05, 3.63) is 12.3 Å². The third-order valence-corrected chi connectivity index (χ3v) is 2.64. The zero-order chi connectivity index (χ0) is 9.73. The molecule has 0 saturated heterocycles. The molecule has 2 nitrogen and oxygen atoms in total. The SMILES string of the molecule is CC(C)(C)SNCC1CCC=CO1. The molecule has 0 spiro atoms. The summed E-state index contributed by atoms with van der Waals surface area (Å²) in [6.07, 6.45) is 6.53. The first-order valence-corrected chi connectivity index (χ1v) is 5.61. The third-order valence-electron chi connectivity index (χ3n) is 1.71. The summed E-state index contributed by atoms with van der Waals surface area (Å²) in [6, 6.07) is 0. The van der Waals surface area contributed by atoms with E-state index in [1.165, 1.54) is 0 Å². The Morgan fingerprint density at radius 1 is 1.54 bits per heavy atom. The maximum atomic E-state index is 5.44. The molecule has 0 amide bonds. The molecule has 1 rings (SSSR count). The molecule has 1 unspecified atom stereocenters. The molecule has 1 aliphatic heterocycles. The quantitative estimate of drug-likeness (QED) is 0.709. The highest BCUT2D eigenvalue weighted by molar-refractivity contribution is 7.98. The van der Waals surface area contributed by atoms with Crippen LogP contribution in [0.15, 0.2) is 12.3 Å². The number of hydrogen-bond donors (Lipinski definition) is 1. The van der Waals surface area contributed by atoms with Crippen molar-refractivity contribution in [1.29, 1.82) is 0 Å². The van der Waals surface area contributed by atoms with E-state index in [-0.39, 0.29) is 4.75 Å². The van der Waals surface area contributed by atoms with Crippen molar-refractivity contribution in [2.24, 2.45) is 0 Å². The Morgan fingerprint density at radius 3 is 2.85 bits per heavy atom. The fourth-order valence-electron chi connectivity index (χ4n) is 1.09. The third kappa shape index (κ3) is 5.21. The first-order chi connectivity index (χ1) is 6.08. The van der Waals surface area contributed by atoms with Gasteiger partial charge in [-0.05, 0) is 39.7 Å². The lowest BCUT2D eigenvalue weighted by Gasteiger charge is -2.22. The van der Waals surface area contributed by atoms with Crippen molar-refractivity contribution < 1.29 is 4.74 Å². The molecule has 0 aliphatic carbocycles. The molecule has 0 aromatic carbocycles. The first kappa shape index (κ1) is 10.9. The van der Waals surface area contributed by atoms with Gasteiger partial charge in [-0.25, -0.2) is 0 Å². The average molecular weight is 201 g/mol. The summed E-state index contributed by atoms with van der Waals surface area (Å²) in [5.74, 6) is 0. The Balaban J connectivity index is 2.09. The van der Waals surface area contributed by atoms with Gasteiger partial charge in [0.25, 0.3) is 0 Å². The van der Waals surface area contributed by atoms with E-state index in [0.29, 0.717) is 6.10 Å². The van der Waals surface area contributed by atoms with Gasteiger partial charge in [0.2, 0.25) is 0 Å². The molecule has 3 heteroatoms. The summed E-state index contributed by atoms with van der Waals surface area (Å²) in [5, 5.41) is 0. The zero-order valence-corrected chi connectivity index (χ0v) is 9.49. The molecule has 13 heavy (non-hydrogen) atoms. The summed E-state index contributed by atoms with van der Waals surface area (Å²) in [7, 11) is 0. The fraction of sp³-hybridized carbons (Fsp3) is 0.800. The van der Waals surface area contributed by atoms with E-state index in [2.05, 4.69) is 31.6 Å². The van der Waals surface area contributed by atoms with Crippen LogP contribution < -0.4 is 4.72 Å². The van der Waals surface area contributed by atoms with Crippen molar-refractivity contribution >= 4 is 11.9 Å². The molecule has 1 N–H and O–H groups in total. The lowest BCUT2D eigenvalue weighted by atomic mass is 10.2. The van der Waals surface area contributed by atoms with E-state index < -0.39 is 0 Å². The van der Waals surface area contributed by atoms with E-state index in [9.17, 15) is 0 Å². The van der Waals surface area contributed by atoms with Gasteiger partial charge in [0, 0.05) is 11.3 Å². The molecule has 76 valence electrons. The lowest BCUT2D eigenvalue weighted by molar-refractivity contribution is 0.128. The van der Waals surface area contributed by atoms with Crippen LogP contribution in [0.4, 0.5) is 0 Å². The predicted octanol–water partition coefficient (Wildman–Crippen LogP) is 2.72. The maximum Gasteiger partial charge on any atom is 0.111 e. The Bertz CT molecular complexity index is 174. The van der Waals surface area contributed by atoms with E-state index in [1.807, 2.05) is 6.26 Å². The Labute approximate surface area is 85.3 Å². The minimum atomic E-state index is 0.282. The molecule has 0 radical (unpaired) electrons. The zero-order valence-electron chi connectivity index (χ0n) is 8.67. The van der Waals surface area contributed by atoms with Crippen LogP contribution in [-0.2, 0) is 4.74 Å². The molecule has 0 aromatic rings. The normalized spacial score (nSPS) is 22.8. The number of allylic oxidation sites excluding steroid dienone is 1. The number of ether oxygens (including phenoxy) is 1. The van der Waals surface area contributed by atoms with Crippen molar-refractivity contribution in [3.8, 4) is 0 Å². The van der Waals surface area contributed by atoms with Crippen LogP contribution in [0.1, 0.15) is 33.6 Å². The number of hydrogen-bond acceptors (Lipinski definition) is 3. The monoisotopic (exact) mass is 201 g/mol. The van der Waals surface area contributed by atoms with Gasteiger partial charge in [0.05, 0.1) is 6.26 Å². The van der Waals surface area contributed by atoms with Gasteiger partial charge in [-0.3, -0.25) is 4.72 Å². The molecular weight excluding hydrogens is 182 g/mol. The van der Waals surface area contributed by atoms with Crippen molar-refractivity contribution in [2.45, 2.75) is 44.5 Å². The first-order valence-electron chi connectivity index (χ1n) is 4.79.